The Morgan fingerprint density at radius 3 is 3.00 bits per heavy atom. The fourth-order valence-electron chi connectivity index (χ4n) is 1.68. The highest BCUT2D eigenvalue weighted by Gasteiger charge is 2.08. The van der Waals surface area contributed by atoms with Gasteiger partial charge < -0.3 is 0 Å². The average molecular weight is 146 g/mol. The summed E-state index contributed by atoms with van der Waals surface area (Å²) in [6, 6.07) is 8.96. The summed E-state index contributed by atoms with van der Waals surface area (Å²) >= 11 is 0.157. The molecule has 0 spiro atoms. The first-order valence-corrected chi connectivity index (χ1v) is 5.74. The maximum atomic E-state index is 2.32. The van der Waals surface area contributed by atoms with Crippen LogP contribution < -0.4 is 4.43 Å². The third kappa shape index (κ3) is 1.12. The Morgan fingerprint density at radius 1 is 1.20 bits per heavy atom. The fraction of sp³-hybridized carbons (Fsp3) is 0.333. The molecule has 1 heterocycles. The second-order valence-corrected chi connectivity index (χ2v) is 4.94. The summed E-state index contributed by atoms with van der Waals surface area (Å²) in [6.07, 6.45) is 2.78. The molecular weight excluding hydrogens is 135 g/mol. The largest absolute Gasteiger partial charge is 0.282 e. The van der Waals surface area contributed by atoms with Crippen molar-refractivity contribution in [1.29, 1.82) is 0 Å². The van der Waals surface area contributed by atoms with Gasteiger partial charge in [0.15, 0.2) is 0 Å². The van der Waals surface area contributed by atoms with Gasteiger partial charge in [-0.05, 0) is 6.42 Å². The second kappa shape index (κ2) is 2.78. The molecule has 10 heavy (non-hydrogen) atoms. The smallest absolute Gasteiger partial charge is 0.113 e. The van der Waals surface area contributed by atoms with Gasteiger partial charge in [0, 0.05) is 0 Å². The standard InChI is InChI=1S/C9H10.Al.H/c1-2-6-9-7-4-3-5-8-9;;/h3-5,7H,1-2,6H2;;. The van der Waals surface area contributed by atoms with Gasteiger partial charge in [0.25, 0.3) is 15.2 Å². The molecule has 0 aliphatic carbocycles. The lowest BCUT2D eigenvalue weighted by Gasteiger charge is -2.12. The number of aryl methyl sites for hydroxylation is 1. The number of benzene rings is 1. The summed E-state index contributed by atoms with van der Waals surface area (Å²) in [5.74, 6) is 0. The van der Waals surface area contributed by atoms with Crippen LogP contribution in [0.5, 0.6) is 0 Å². The van der Waals surface area contributed by atoms with Crippen molar-refractivity contribution in [3.8, 4) is 0 Å². The van der Waals surface area contributed by atoms with Crippen molar-refractivity contribution in [1.82, 2.24) is 0 Å². The summed E-state index contributed by atoms with van der Waals surface area (Å²) in [5.41, 5.74) is 1.64. The molecule has 0 fully saturated rings. The van der Waals surface area contributed by atoms with Crippen molar-refractivity contribution in [2.45, 2.75) is 18.1 Å². The molecule has 0 saturated heterocycles. The number of rotatable bonds is 0. The zero-order valence-electron chi connectivity index (χ0n) is 6.14. The Bertz CT molecular complexity index is 205. The maximum absolute atomic E-state index is 2.32. The molecule has 0 N–H and O–H groups in total. The van der Waals surface area contributed by atoms with E-state index in [1.54, 1.807) is 9.99 Å². The molecule has 1 aliphatic rings. The molecule has 0 aromatic heterocycles. The zero-order chi connectivity index (χ0) is 6.81. The fourth-order valence-corrected chi connectivity index (χ4v) is 3.48. The minimum atomic E-state index is 0.157. The van der Waals surface area contributed by atoms with E-state index in [9.17, 15) is 0 Å². The lowest BCUT2D eigenvalue weighted by molar-refractivity contribution is 0.907. The van der Waals surface area contributed by atoms with Crippen molar-refractivity contribution in [2.75, 3.05) is 0 Å². The Balaban J connectivity index is 2.41. The van der Waals surface area contributed by atoms with Crippen LogP contribution in [-0.4, -0.2) is 15.2 Å². The van der Waals surface area contributed by atoms with E-state index in [-0.39, 0.29) is 15.2 Å². The van der Waals surface area contributed by atoms with Crippen molar-refractivity contribution in [2.24, 2.45) is 0 Å². The second-order valence-electron chi connectivity index (χ2n) is 2.98. The molecule has 0 nitrogen and oxygen atoms in total. The maximum Gasteiger partial charge on any atom is 0.282 e. The average Bonchev–Trinajstić information content (AvgIpc) is 2.05. The Morgan fingerprint density at radius 2 is 2.10 bits per heavy atom. The van der Waals surface area contributed by atoms with Crippen molar-refractivity contribution in [3.63, 3.8) is 0 Å². The Hall–Kier alpha value is -0.248. The van der Waals surface area contributed by atoms with Gasteiger partial charge in [0.2, 0.25) is 0 Å². The van der Waals surface area contributed by atoms with Crippen LogP contribution in [0.3, 0.4) is 0 Å². The van der Waals surface area contributed by atoms with E-state index in [0.717, 1.165) is 0 Å². The number of fused-ring (bicyclic) bond motifs is 1. The first-order chi connectivity index (χ1) is 4.97. The highest BCUT2D eigenvalue weighted by molar-refractivity contribution is 6.54. The molecule has 1 aromatic carbocycles. The summed E-state index contributed by atoms with van der Waals surface area (Å²) < 4.78 is 1.72. The molecule has 0 amide bonds. The molecule has 2 rings (SSSR count). The van der Waals surface area contributed by atoms with Gasteiger partial charge in [-0.1, -0.05) is 41.5 Å². The summed E-state index contributed by atoms with van der Waals surface area (Å²) in [7, 11) is 0. The van der Waals surface area contributed by atoms with Crippen LogP contribution in [0.25, 0.3) is 0 Å². The van der Waals surface area contributed by atoms with Crippen LogP contribution in [-0.2, 0) is 6.42 Å². The zero-order valence-corrected chi connectivity index (χ0v) is 7.55. The van der Waals surface area contributed by atoms with Crippen LogP contribution in [0.1, 0.15) is 12.0 Å². The summed E-state index contributed by atoms with van der Waals surface area (Å²) in [5, 5.41) is 1.52. The van der Waals surface area contributed by atoms with Gasteiger partial charge in [-0.15, -0.1) is 4.43 Å². The summed E-state index contributed by atoms with van der Waals surface area (Å²) in [6.45, 7) is 0. The normalized spacial score (nSPS) is 15.6. The van der Waals surface area contributed by atoms with E-state index in [2.05, 4.69) is 24.3 Å². The monoisotopic (exact) mass is 146 g/mol. The molecule has 0 saturated carbocycles. The van der Waals surface area contributed by atoms with Gasteiger partial charge in [-0.2, -0.15) is 0 Å². The predicted octanol–water partition coefficient (Wildman–Crippen LogP) is 1.11. The van der Waals surface area contributed by atoms with Crippen molar-refractivity contribution in [3.05, 3.63) is 29.8 Å². The van der Waals surface area contributed by atoms with Gasteiger partial charge in [-0.25, -0.2) is 0 Å². The van der Waals surface area contributed by atoms with E-state index in [4.69, 9.17) is 0 Å². The van der Waals surface area contributed by atoms with Gasteiger partial charge in [0.05, 0.1) is 0 Å². The minimum Gasteiger partial charge on any atom is -0.113 e. The molecule has 50 valence electrons. The van der Waals surface area contributed by atoms with Crippen LogP contribution >= 0.6 is 0 Å². The van der Waals surface area contributed by atoms with E-state index in [1.807, 2.05) is 0 Å². The number of hydrogen-bond acceptors (Lipinski definition) is 0. The van der Waals surface area contributed by atoms with E-state index in [0.29, 0.717) is 0 Å². The molecule has 0 radical (unpaired) electrons. The highest BCUT2D eigenvalue weighted by Crippen LogP contribution is 2.08. The first-order valence-electron chi connectivity index (χ1n) is 4.03. The van der Waals surface area contributed by atoms with E-state index in [1.165, 1.54) is 18.1 Å². The topological polar surface area (TPSA) is 0 Å². The van der Waals surface area contributed by atoms with E-state index < -0.39 is 0 Å². The minimum absolute atomic E-state index is 0.157. The summed E-state index contributed by atoms with van der Waals surface area (Å²) in [4.78, 5) is 0. The van der Waals surface area contributed by atoms with Crippen molar-refractivity contribution >= 4 is 19.6 Å². The lowest BCUT2D eigenvalue weighted by Crippen LogP contribution is -2.23. The highest BCUT2D eigenvalue weighted by atomic mass is 27.1. The quantitative estimate of drug-likeness (QED) is 0.481. The molecule has 0 atom stereocenters. The van der Waals surface area contributed by atoms with Gasteiger partial charge in [-0.3, -0.25) is 0 Å². The SMILES string of the molecule is c1cc[c]2c(c1)CC[CH2][AlH]2. The van der Waals surface area contributed by atoms with Gasteiger partial charge >= 0.3 is 0 Å². The van der Waals surface area contributed by atoms with Crippen LogP contribution in [0.15, 0.2) is 24.3 Å². The lowest BCUT2D eigenvalue weighted by atomic mass is 10.1. The molecule has 0 bridgehead atoms. The molecule has 1 aliphatic heterocycles. The van der Waals surface area contributed by atoms with Gasteiger partial charge in [0.1, 0.15) is 0 Å². The van der Waals surface area contributed by atoms with E-state index >= 15 is 0 Å². The molecule has 0 unspecified atom stereocenters. The van der Waals surface area contributed by atoms with Crippen LogP contribution in [0.4, 0.5) is 0 Å². The van der Waals surface area contributed by atoms with Crippen molar-refractivity contribution < 1.29 is 0 Å². The molecule has 1 aromatic rings. The molecule has 1 heteroatoms. The predicted molar refractivity (Wildman–Crippen MR) is 46.4 cm³/mol. The Labute approximate surface area is 68.0 Å². The third-order valence-electron chi connectivity index (χ3n) is 2.26. The van der Waals surface area contributed by atoms with Crippen LogP contribution in [0, 0.1) is 0 Å². The third-order valence-corrected chi connectivity index (χ3v) is 4.34. The van der Waals surface area contributed by atoms with Crippen LogP contribution in [0.2, 0.25) is 5.28 Å². The molecular formula is C9H11Al. The first kappa shape index (κ1) is 6.46. The number of hydrogen-bond donors (Lipinski definition) is 0. The Kier molecular flexibility index (Phi) is 1.80.